The van der Waals surface area contributed by atoms with E-state index < -0.39 is 0 Å². The predicted molar refractivity (Wildman–Crippen MR) is 128 cm³/mol. The second kappa shape index (κ2) is 11.6. The average molecular weight is 490 g/mol. The highest BCUT2D eigenvalue weighted by Crippen LogP contribution is 2.25. The van der Waals surface area contributed by atoms with Gasteiger partial charge in [-0.1, -0.05) is 29.4 Å². The quantitative estimate of drug-likeness (QED) is 0.454. The molecule has 0 bridgehead atoms. The standard InChI is InChI=1S/C23H25ClFN5O2S/c24-18-2-1-3-20(16-18)26-21(31)8-15-33-23-28-27-22(17-4-6-19(25)7-5-17)30(23)10-9-29-11-13-32-14-12-29/h1-7,16H,8-15H2,(H,26,31). The number of halogens is 2. The third-order valence-corrected chi connectivity index (χ3v) is 6.44. The molecule has 1 aromatic heterocycles. The van der Waals surface area contributed by atoms with Crippen LogP contribution < -0.4 is 5.32 Å². The summed E-state index contributed by atoms with van der Waals surface area (Å²) in [4.78, 5) is 14.7. The van der Waals surface area contributed by atoms with Gasteiger partial charge in [0.15, 0.2) is 11.0 Å². The van der Waals surface area contributed by atoms with Crippen molar-refractivity contribution >= 4 is 35.0 Å². The number of ether oxygens (including phenoxy) is 1. The van der Waals surface area contributed by atoms with Crippen molar-refractivity contribution in [1.82, 2.24) is 19.7 Å². The normalized spacial score (nSPS) is 14.4. The van der Waals surface area contributed by atoms with Crippen LogP contribution in [0.15, 0.2) is 53.7 Å². The van der Waals surface area contributed by atoms with Gasteiger partial charge in [0.25, 0.3) is 0 Å². The van der Waals surface area contributed by atoms with Crippen molar-refractivity contribution in [2.75, 3.05) is 43.9 Å². The molecule has 1 aliphatic rings. The van der Waals surface area contributed by atoms with Gasteiger partial charge in [-0.05, 0) is 42.5 Å². The topological polar surface area (TPSA) is 72.3 Å². The Morgan fingerprint density at radius 3 is 2.67 bits per heavy atom. The van der Waals surface area contributed by atoms with E-state index in [-0.39, 0.29) is 11.7 Å². The fraction of sp³-hybridized carbons (Fsp3) is 0.348. The highest BCUT2D eigenvalue weighted by molar-refractivity contribution is 7.99. The van der Waals surface area contributed by atoms with Crippen molar-refractivity contribution in [1.29, 1.82) is 0 Å². The summed E-state index contributed by atoms with van der Waals surface area (Å²) < 4.78 is 20.9. The predicted octanol–water partition coefficient (Wildman–Crippen LogP) is 4.19. The van der Waals surface area contributed by atoms with Crippen LogP contribution in [-0.2, 0) is 16.1 Å². The van der Waals surface area contributed by atoms with Crippen LogP contribution in [0.2, 0.25) is 5.02 Å². The molecule has 7 nitrogen and oxygen atoms in total. The van der Waals surface area contributed by atoms with E-state index >= 15 is 0 Å². The summed E-state index contributed by atoms with van der Waals surface area (Å²) >= 11 is 7.45. The zero-order chi connectivity index (χ0) is 23.0. The molecule has 1 amide bonds. The lowest BCUT2D eigenvalue weighted by Gasteiger charge is -2.27. The molecule has 3 aromatic rings. The SMILES string of the molecule is O=C(CCSc1nnc(-c2ccc(F)cc2)n1CCN1CCOCC1)Nc1cccc(Cl)c1. The van der Waals surface area contributed by atoms with E-state index in [4.69, 9.17) is 16.3 Å². The van der Waals surface area contributed by atoms with Crippen LogP contribution in [0.5, 0.6) is 0 Å². The fourth-order valence-corrected chi connectivity index (χ4v) is 4.59. The number of morpholine rings is 1. The van der Waals surface area contributed by atoms with Gasteiger partial charge >= 0.3 is 0 Å². The Morgan fingerprint density at radius 1 is 1.12 bits per heavy atom. The summed E-state index contributed by atoms with van der Waals surface area (Å²) in [6, 6.07) is 13.3. The number of hydrogen-bond donors (Lipinski definition) is 1. The van der Waals surface area contributed by atoms with Crippen LogP contribution in [0, 0.1) is 5.82 Å². The maximum Gasteiger partial charge on any atom is 0.225 e. The van der Waals surface area contributed by atoms with E-state index in [0.29, 0.717) is 35.3 Å². The molecule has 0 aliphatic carbocycles. The number of thioether (sulfide) groups is 1. The number of carbonyl (C=O) groups is 1. The largest absolute Gasteiger partial charge is 0.379 e. The zero-order valence-corrected chi connectivity index (χ0v) is 19.6. The van der Waals surface area contributed by atoms with Gasteiger partial charge in [-0.3, -0.25) is 9.69 Å². The smallest absolute Gasteiger partial charge is 0.225 e. The van der Waals surface area contributed by atoms with Crippen LogP contribution in [0.3, 0.4) is 0 Å². The van der Waals surface area contributed by atoms with E-state index in [2.05, 4.69) is 20.4 Å². The number of amides is 1. The molecule has 0 unspecified atom stereocenters. The molecule has 0 radical (unpaired) electrons. The van der Waals surface area contributed by atoms with E-state index in [1.165, 1.54) is 23.9 Å². The minimum absolute atomic E-state index is 0.0945. The molecule has 2 heterocycles. The van der Waals surface area contributed by atoms with Gasteiger partial charge < -0.3 is 14.6 Å². The Hall–Kier alpha value is -2.46. The Balaban J connectivity index is 1.41. The van der Waals surface area contributed by atoms with E-state index in [1.807, 2.05) is 4.57 Å². The summed E-state index contributed by atoms with van der Waals surface area (Å²) in [7, 11) is 0. The van der Waals surface area contributed by atoms with Crippen molar-refractivity contribution in [2.45, 2.75) is 18.1 Å². The number of nitrogens with zero attached hydrogens (tertiary/aromatic N) is 4. The highest BCUT2D eigenvalue weighted by atomic mass is 35.5. The number of nitrogens with one attached hydrogen (secondary N) is 1. The summed E-state index contributed by atoms with van der Waals surface area (Å²) in [5, 5.41) is 12.9. The first kappa shape index (κ1) is 23.7. The lowest BCUT2D eigenvalue weighted by Crippen LogP contribution is -2.38. The Kier molecular flexibility index (Phi) is 8.33. The third kappa shape index (κ3) is 6.77. The van der Waals surface area contributed by atoms with E-state index in [1.54, 1.807) is 36.4 Å². The van der Waals surface area contributed by atoms with Crippen molar-refractivity contribution in [3.63, 3.8) is 0 Å². The number of aromatic nitrogens is 3. The molecule has 0 saturated carbocycles. The van der Waals surface area contributed by atoms with Gasteiger partial charge in [-0.15, -0.1) is 10.2 Å². The maximum atomic E-state index is 13.4. The second-order valence-corrected chi connectivity index (χ2v) is 9.07. The molecule has 1 N–H and O–H groups in total. The summed E-state index contributed by atoms with van der Waals surface area (Å²) in [5.41, 5.74) is 1.47. The molecule has 1 saturated heterocycles. The van der Waals surface area contributed by atoms with Crippen molar-refractivity contribution in [2.24, 2.45) is 0 Å². The lowest BCUT2D eigenvalue weighted by atomic mass is 10.2. The molecule has 10 heteroatoms. The van der Waals surface area contributed by atoms with Gasteiger partial charge in [0, 0.05) is 54.6 Å². The average Bonchev–Trinajstić information content (AvgIpc) is 3.21. The molecule has 174 valence electrons. The Bertz CT molecular complexity index is 1070. The number of rotatable bonds is 9. The van der Waals surface area contributed by atoms with Crippen molar-refractivity contribution in [3.05, 3.63) is 59.4 Å². The number of carbonyl (C=O) groups excluding carboxylic acids is 1. The van der Waals surface area contributed by atoms with Gasteiger partial charge in [0.1, 0.15) is 5.82 Å². The number of benzene rings is 2. The van der Waals surface area contributed by atoms with Crippen molar-refractivity contribution < 1.29 is 13.9 Å². The van der Waals surface area contributed by atoms with E-state index in [9.17, 15) is 9.18 Å². The lowest BCUT2D eigenvalue weighted by molar-refractivity contribution is -0.115. The molecule has 2 aromatic carbocycles. The first-order chi connectivity index (χ1) is 16.1. The second-order valence-electron chi connectivity index (χ2n) is 7.58. The first-order valence-electron chi connectivity index (χ1n) is 10.8. The van der Waals surface area contributed by atoms with Crippen LogP contribution >= 0.6 is 23.4 Å². The molecule has 1 aliphatic heterocycles. The number of hydrogen-bond acceptors (Lipinski definition) is 6. The molecular formula is C23H25ClFN5O2S. The van der Waals surface area contributed by atoms with Gasteiger partial charge in [-0.25, -0.2) is 4.39 Å². The van der Waals surface area contributed by atoms with Crippen LogP contribution in [-0.4, -0.2) is 64.2 Å². The minimum Gasteiger partial charge on any atom is -0.379 e. The third-order valence-electron chi connectivity index (χ3n) is 5.23. The Labute approximate surface area is 201 Å². The zero-order valence-electron chi connectivity index (χ0n) is 18.0. The monoisotopic (exact) mass is 489 g/mol. The Morgan fingerprint density at radius 2 is 1.91 bits per heavy atom. The highest BCUT2D eigenvalue weighted by Gasteiger charge is 2.17. The van der Waals surface area contributed by atoms with Gasteiger partial charge in [0.2, 0.25) is 5.91 Å². The summed E-state index contributed by atoms with van der Waals surface area (Å²) in [6.45, 7) is 4.77. The van der Waals surface area contributed by atoms with Crippen molar-refractivity contribution in [3.8, 4) is 11.4 Å². The summed E-state index contributed by atoms with van der Waals surface area (Å²) in [6.07, 6.45) is 0.319. The van der Waals surface area contributed by atoms with Gasteiger partial charge in [0.05, 0.1) is 13.2 Å². The van der Waals surface area contributed by atoms with Gasteiger partial charge in [-0.2, -0.15) is 0 Å². The molecule has 33 heavy (non-hydrogen) atoms. The number of anilines is 1. The minimum atomic E-state index is -0.293. The first-order valence-corrected chi connectivity index (χ1v) is 12.1. The molecule has 0 atom stereocenters. The summed E-state index contributed by atoms with van der Waals surface area (Å²) in [5.74, 6) is 0.849. The molecule has 0 spiro atoms. The maximum absolute atomic E-state index is 13.4. The van der Waals surface area contributed by atoms with E-state index in [0.717, 1.165) is 43.6 Å². The van der Waals surface area contributed by atoms with Crippen LogP contribution in [0.4, 0.5) is 10.1 Å². The molecule has 4 rings (SSSR count). The van der Waals surface area contributed by atoms with Crippen LogP contribution in [0.25, 0.3) is 11.4 Å². The van der Waals surface area contributed by atoms with Crippen LogP contribution in [0.1, 0.15) is 6.42 Å². The molecule has 1 fully saturated rings. The fourth-order valence-electron chi connectivity index (χ4n) is 3.50. The molecular weight excluding hydrogens is 465 g/mol.